The summed E-state index contributed by atoms with van der Waals surface area (Å²) in [4.78, 5) is 42.9. The number of fused-ring (bicyclic) bond motifs is 5. The Kier molecular flexibility index (Phi) is 8.84. The third-order valence-corrected chi connectivity index (χ3v) is 11.1. The normalized spacial score (nSPS) is 36.4. The molecule has 0 aliphatic heterocycles. The Morgan fingerprint density at radius 2 is 1.86 bits per heavy atom. The van der Waals surface area contributed by atoms with Crippen molar-refractivity contribution in [2.75, 3.05) is 20.3 Å². The molecule has 3 fully saturated rings. The molecule has 1 unspecified atom stereocenters. The maximum Gasteiger partial charge on any atom is 0.328 e. The molecule has 1 aromatic carbocycles. The minimum absolute atomic E-state index is 0.00901. The molecular formula is C33H44N2O8. The molecule has 0 aromatic heterocycles. The number of ether oxygens (including phenoxy) is 1. The number of Topliss-reactive ketones (excluding diaryl/α,β-unsaturated/α-hetero) is 1. The van der Waals surface area contributed by atoms with Crippen LogP contribution in [0.1, 0.15) is 64.4 Å². The van der Waals surface area contributed by atoms with Crippen molar-refractivity contribution in [3.8, 4) is 0 Å². The van der Waals surface area contributed by atoms with Gasteiger partial charge in [-0.2, -0.15) is 0 Å². The number of amides is 1. The first kappa shape index (κ1) is 31.3. The van der Waals surface area contributed by atoms with Gasteiger partial charge in [-0.25, -0.2) is 4.79 Å². The van der Waals surface area contributed by atoms with Gasteiger partial charge in [-0.1, -0.05) is 54.9 Å². The number of carbonyl (C=O) groups excluding carboxylic acids is 3. The highest BCUT2D eigenvalue weighted by molar-refractivity contribution is 5.96. The number of rotatable bonds is 9. The zero-order chi connectivity index (χ0) is 31.0. The molecule has 5 rings (SSSR count). The molecule has 0 bridgehead atoms. The second-order valence-corrected chi connectivity index (χ2v) is 13.3. The number of hydrogen-bond donors (Lipinski definition) is 4. The van der Waals surface area contributed by atoms with Crippen molar-refractivity contribution < 1.29 is 39.3 Å². The number of allylic oxidation sites excluding steroid dienone is 2. The fraction of sp³-hybridized carbons (Fsp3) is 0.636. The Labute approximate surface area is 252 Å². The quantitative estimate of drug-likeness (QED) is 0.250. The maximum atomic E-state index is 12.6. The molecule has 234 valence electrons. The summed E-state index contributed by atoms with van der Waals surface area (Å²) in [7, 11) is 1.28. The topological polar surface area (TPSA) is 155 Å². The summed E-state index contributed by atoms with van der Waals surface area (Å²) in [5, 5.41) is 39.4. The van der Waals surface area contributed by atoms with Crippen molar-refractivity contribution in [3.05, 3.63) is 47.5 Å². The van der Waals surface area contributed by atoms with Gasteiger partial charge in [0.1, 0.15) is 18.2 Å². The molecule has 43 heavy (non-hydrogen) atoms. The number of oxime groups is 1. The van der Waals surface area contributed by atoms with Crippen LogP contribution in [-0.2, 0) is 30.4 Å². The number of carbonyl (C=O) groups is 3. The third-order valence-electron chi connectivity index (χ3n) is 11.1. The number of aliphatic hydroxyl groups is 3. The van der Waals surface area contributed by atoms with Crippen LogP contribution in [0.15, 0.2) is 47.1 Å². The number of methoxy groups -OCH3 is 1. The minimum Gasteiger partial charge on any atom is -0.467 e. The summed E-state index contributed by atoms with van der Waals surface area (Å²) in [6.07, 6.45) is 6.00. The van der Waals surface area contributed by atoms with Crippen molar-refractivity contribution in [3.63, 3.8) is 0 Å². The smallest absolute Gasteiger partial charge is 0.328 e. The summed E-state index contributed by atoms with van der Waals surface area (Å²) >= 11 is 0. The lowest BCUT2D eigenvalue weighted by molar-refractivity contribution is -0.181. The number of aliphatic hydroxyl groups excluding tert-OH is 2. The van der Waals surface area contributed by atoms with E-state index >= 15 is 0 Å². The SMILES string of the molecule is COC(=O)C(Cc1ccccc1)NC(=O)CO/N=C1\C=C2CC[C@@H]3[C@H]([C@@H](O)C[C@@]4(C)[C@H]3CC[C@]4(O)C(=O)CO)[C@@]2(C)CC1. The van der Waals surface area contributed by atoms with E-state index in [-0.39, 0.29) is 29.8 Å². The van der Waals surface area contributed by atoms with Crippen LogP contribution in [0.3, 0.4) is 0 Å². The molecule has 0 radical (unpaired) electrons. The van der Waals surface area contributed by atoms with Gasteiger partial charge >= 0.3 is 5.97 Å². The molecule has 1 aromatic rings. The maximum absolute atomic E-state index is 12.6. The zero-order valence-corrected chi connectivity index (χ0v) is 25.3. The second kappa shape index (κ2) is 12.1. The third kappa shape index (κ3) is 5.53. The van der Waals surface area contributed by atoms with Crippen LogP contribution < -0.4 is 5.32 Å². The van der Waals surface area contributed by atoms with E-state index in [9.17, 15) is 29.7 Å². The average Bonchev–Trinajstić information content (AvgIpc) is 3.26. The van der Waals surface area contributed by atoms with Crippen LogP contribution in [0.25, 0.3) is 0 Å². The lowest BCUT2D eigenvalue weighted by atomic mass is 9.45. The molecule has 4 aliphatic rings. The number of nitrogens with one attached hydrogen (secondary N) is 1. The van der Waals surface area contributed by atoms with E-state index in [4.69, 9.17) is 9.57 Å². The highest BCUT2D eigenvalue weighted by Gasteiger charge is 2.68. The Hall–Kier alpha value is -3.08. The first-order valence-electron chi connectivity index (χ1n) is 15.3. The molecule has 8 atom stereocenters. The van der Waals surface area contributed by atoms with Crippen LogP contribution >= 0.6 is 0 Å². The Bertz CT molecular complexity index is 1300. The van der Waals surface area contributed by atoms with E-state index in [0.717, 1.165) is 30.5 Å². The van der Waals surface area contributed by atoms with Gasteiger partial charge in [0.25, 0.3) is 5.91 Å². The molecule has 4 aliphatic carbocycles. The number of hydrogen-bond acceptors (Lipinski definition) is 9. The Morgan fingerprint density at radius 3 is 2.56 bits per heavy atom. The van der Waals surface area contributed by atoms with Gasteiger partial charge in [0.2, 0.25) is 0 Å². The van der Waals surface area contributed by atoms with Crippen molar-refractivity contribution in [2.45, 2.75) is 83.0 Å². The molecule has 0 saturated heterocycles. The van der Waals surface area contributed by atoms with Crippen LogP contribution in [0.4, 0.5) is 0 Å². The lowest BCUT2D eigenvalue weighted by Crippen LogP contribution is -2.62. The van der Waals surface area contributed by atoms with Crippen LogP contribution in [0, 0.1) is 28.6 Å². The monoisotopic (exact) mass is 596 g/mol. The lowest BCUT2D eigenvalue weighted by Gasteiger charge is -2.60. The van der Waals surface area contributed by atoms with Crippen LogP contribution in [0.2, 0.25) is 0 Å². The Balaban J connectivity index is 1.23. The van der Waals surface area contributed by atoms with E-state index in [1.54, 1.807) is 0 Å². The summed E-state index contributed by atoms with van der Waals surface area (Å²) < 4.78 is 4.86. The summed E-state index contributed by atoms with van der Waals surface area (Å²) in [5.74, 6) is -1.32. The van der Waals surface area contributed by atoms with Crippen LogP contribution in [0.5, 0.6) is 0 Å². The zero-order valence-electron chi connectivity index (χ0n) is 25.3. The van der Waals surface area contributed by atoms with Gasteiger partial charge in [-0.3, -0.25) is 9.59 Å². The van der Waals surface area contributed by atoms with E-state index in [0.29, 0.717) is 32.1 Å². The first-order chi connectivity index (χ1) is 20.5. The molecular weight excluding hydrogens is 552 g/mol. The fourth-order valence-corrected chi connectivity index (χ4v) is 8.96. The van der Waals surface area contributed by atoms with Crippen molar-refractivity contribution >= 4 is 23.4 Å². The van der Waals surface area contributed by atoms with Gasteiger partial charge in [0, 0.05) is 11.8 Å². The van der Waals surface area contributed by atoms with Gasteiger partial charge in [-0.15, -0.1) is 0 Å². The largest absolute Gasteiger partial charge is 0.467 e. The van der Waals surface area contributed by atoms with E-state index in [1.165, 1.54) is 12.7 Å². The van der Waals surface area contributed by atoms with Crippen molar-refractivity contribution in [2.24, 2.45) is 33.7 Å². The number of nitrogens with zero attached hydrogens (tertiary/aromatic N) is 1. The number of benzene rings is 1. The minimum atomic E-state index is -1.61. The van der Waals surface area contributed by atoms with E-state index < -0.39 is 47.4 Å². The number of ketones is 1. The molecule has 1 amide bonds. The molecule has 0 heterocycles. The van der Waals surface area contributed by atoms with Crippen molar-refractivity contribution in [1.29, 1.82) is 0 Å². The van der Waals surface area contributed by atoms with E-state index in [2.05, 4.69) is 17.4 Å². The molecule has 4 N–H and O–H groups in total. The number of esters is 1. The van der Waals surface area contributed by atoms with Gasteiger partial charge in [-0.05, 0) is 79.8 Å². The first-order valence-corrected chi connectivity index (χ1v) is 15.3. The second-order valence-electron chi connectivity index (χ2n) is 13.3. The summed E-state index contributed by atoms with van der Waals surface area (Å²) in [6, 6.07) is 8.51. The van der Waals surface area contributed by atoms with Gasteiger partial charge in [0.15, 0.2) is 12.4 Å². The van der Waals surface area contributed by atoms with E-state index in [1.807, 2.05) is 43.3 Å². The van der Waals surface area contributed by atoms with Gasteiger partial charge < -0.3 is 30.2 Å². The highest BCUT2D eigenvalue weighted by atomic mass is 16.6. The average molecular weight is 597 g/mol. The van der Waals surface area contributed by atoms with Crippen molar-refractivity contribution in [1.82, 2.24) is 5.32 Å². The summed E-state index contributed by atoms with van der Waals surface area (Å²) in [6.45, 7) is 3.08. The molecule has 3 saturated carbocycles. The standard InChI is InChI=1S/C33H44N2O8/c1-31-13-11-22(35-43-19-28(39)34-25(30(40)42-3)15-20-7-5-4-6-8-20)16-21(31)9-10-23-24-12-14-33(41,27(38)18-36)32(24,2)17-26(37)29(23)31/h4-8,16,23-26,29,36-37,41H,9-15,17-19H2,1-3H3,(H,34,39)/b35-22-/t23-,24-,25?,26-,29+,31-,32-,33-/m0/s1. The molecule has 10 nitrogen and oxygen atoms in total. The predicted octanol–water partition coefficient (Wildman–Crippen LogP) is 2.49. The summed E-state index contributed by atoms with van der Waals surface area (Å²) in [5.41, 5.74) is 0.181. The highest BCUT2D eigenvalue weighted by Crippen LogP contribution is 2.67. The fourth-order valence-electron chi connectivity index (χ4n) is 8.96. The molecule has 0 spiro atoms. The Morgan fingerprint density at radius 1 is 1.12 bits per heavy atom. The van der Waals surface area contributed by atoms with Crippen LogP contribution in [-0.4, -0.2) is 76.8 Å². The molecule has 10 heteroatoms. The van der Waals surface area contributed by atoms with Gasteiger partial charge in [0.05, 0.1) is 18.9 Å². The predicted molar refractivity (Wildman–Crippen MR) is 158 cm³/mol.